The number of phenols is 4. The van der Waals surface area contributed by atoms with Gasteiger partial charge in [0.2, 0.25) is 11.2 Å². The van der Waals surface area contributed by atoms with Crippen LogP contribution in [0.15, 0.2) is 39.5 Å². The summed E-state index contributed by atoms with van der Waals surface area (Å²) in [7, 11) is 1.23. The summed E-state index contributed by atoms with van der Waals surface area (Å²) in [5.41, 5.74) is -1.81. The largest absolute Gasteiger partial charge is 0.508 e. The summed E-state index contributed by atoms with van der Waals surface area (Å²) in [6, 6.07) is 5.84. The summed E-state index contributed by atoms with van der Waals surface area (Å²) in [6.45, 7) is 2.86. The van der Waals surface area contributed by atoms with Gasteiger partial charge in [0.1, 0.15) is 29.1 Å². The van der Waals surface area contributed by atoms with Crippen LogP contribution in [0.2, 0.25) is 0 Å². The lowest BCUT2D eigenvalue weighted by Crippen LogP contribution is -2.33. The summed E-state index contributed by atoms with van der Waals surface area (Å²) in [5, 5.41) is 39.0. The lowest BCUT2D eigenvalue weighted by molar-refractivity contribution is -0.152. The van der Waals surface area contributed by atoms with E-state index in [1.165, 1.54) is 19.2 Å². The Morgan fingerprint density at radius 1 is 1.03 bits per heavy atom. The maximum atomic E-state index is 13.1. The second-order valence-electron chi connectivity index (χ2n) is 7.30. The molecule has 0 atom stereocenters. The van der Waals surface area contributed by atoms with E-state index in [0.29, 0.717) is 0 Å². The fourth-order valence-corrected chi connectivity index (χ4v) is 2.84. The van der Waals surface area contributed by atoms with Crippen molar-refractivity contribution in [2.75, 3.05) is 13.7 Å². The van der Waals surface area contributed by atoms with Crippen LogP contribution in [-0.4, -0.2) is 40.1 Å². The van der Waals surface area contributed by atoms with Crippen LogP contribution in [-0.2, 0) is 9.53 Å². The number of benzene rings is 2. The molecular weight excluding hydrogens is 396 g/mol. The Bertz CT molecular complexity index is 1190. The number of ether oxygens (including phenoxy) is 2. The van der Waals surface area contributed by atoms with Gasteiger partial charge in [0.15, 0.2) is 17.3 Å². The van der Waals surface area contributed by atoms with Gasteiger partial charge in [-0.05, 0) is 32.0 Å². The summed E-state index contributed by atoms with van der Waals surface area (Å²) < 4.78 is 16.1. The molecule has 0 amide bonds. The number of hydrogen-bond donors (Lipinski definition) is 4. The summed E-state index contributed by atoms with van der Waals surface area (Å²) in [6.07, 6.45) is 0. The lowest BCUT2D eigenvalue weighted by atomic mass is 9.95. The molecule has 0 radical (unpaired) electrons. The zero-order valence-electron chi connectivity index (χ0n) is 16.4. The van der Waals surface area contributed by atoms with Crippen molar-refractivity contribution in [2.45, 2.75) is 13.8 Å². The Morgan fingerprint density at radius 3 is 2.37 bits per heavy atom. The van der Waals surface area contributed by atoms with E-state index in [1.54, 1.807) is 13.8 Å². The first kappa shape index (κ1) is 20.8. The van der Waals surface area contributed by atoms with E-state index in [9.17, 15) is 30.0 Å². The first-order chi connectivity index (χ1) is 14.0. The van der Waals surface area contributed by atoms with Gasteiger partial charge in [-0.1, -0.05) is 0 Å². The maximum Gasteiger partial charge on any atom is 0.314 e. The average molecular weight is 416 g/mol. The fraction of sp³-hybridized carbons (Fsp3) is 0.238. The van der Waals surface area contributed by atoms with Gasteiger partial charge in [-0.25, -0.2) is 0 Å². The number of carbonyl (C=O) groups excluding carboxylic acids is 1. The minimum atomic E-state index is -1.11. The smallest absolute Gasteiger partial charge is 0.314 e. The molecule has 0 fully saturated rings. The Labute approximate surface area is 170 Å². The molecule has 0 aliphatic rings. The van der Waals surface area contributed by atoms with Crippen molar-refractivity contribution >= 4 is 16.9 Å². The molecule has 3 aromatic rings. The molecule has 0 aliphatic carbocycles. The second kappa shape index (κ2) is 7.51. The molecule has 158 valence electrons. The molecule has 0 saturated carbocycles. The predicted molar refractivity (Wildman–Crippen MR) is 106 cm³/mol. The molecule has 9 heteroatoms. The number of fused-ring (bicyclic) bond motifs is 1. The number of aromatic hydroxyl groups is 4. The van der Waals surface area contributed by atoms with Crippen LogP contribution in [0.5, 0.6) is 28.7 Å². The van der Waals surface area contributed by atoms with Gasteiger partial charge in [0.05, 0.1) is 12.5 Å². The van der Waals surface area contributed by atoms with Crippen LogP contribution in [0.3, 0.4) is 0 Å². The SMILES string of the molecule is COC(=O)C(C)(C)COc1c(-c2ccc(O)c(O)c2)oc2cc(O)cc(O)c2c1=O. The topological polar surface area (TPSA) is 147 Å². The molecule has 30 heavy (non-hydrogen) atoms. The molecule has 1 heterocycles. The van der Waals surface area contributed by atoms with Gasteiger partial charge in [0.25, 0.3) is 0 Å². The third-order valence-electron chi connectivity index (χ3n) is 4.47. The average Bonchev–Trinajstić information content (AvgIpc) is 2.67. The third kappa shape index (κ3) is 3.69. The number of rotatable bonds is 5. The van der Waals surface area contributed by atoms with Crippen molar-refractivity contribution in [1.82, 2.24) is 0 Å². The predicted octanol–water partition coefficient (Wildman–Crippen LogP) is 2.86. The molecular formula is C21H20O9. The standard InChI is InChI=1S/C21H20O9/c1-21(2,20(27)28-3)9-29-19-17(26)16-14(25)7-11(22)8-15(16)30-18(19)10-4-5-12(23)13(24)6-10/h4-8,22-25H,9H2,1-3H3. The molecule has 0 bridgehead atoms. The zero-order chi connectivity index (χ0) is 22.2. The second-order valence-corrected chi connectivity index (χ2v) is 7.30. The molecule has 0 aliphatic heterocycles. The van der Waals surface area contributed by atoms with Gasteiger partial charge < -0.3 is 34.3 Å². The minimum Gasteiger partial charge on any atom is -0.508 e. The van der Waals surface area contributed by atoms with Crippen molar-refractivity contribution in [3.8, 4) is 40.1 Å². The van der Waals surface area contributed by atoms with E-state index in [4.69, 9.17) is 13.9 Å². The van der Waals surface area contributed by atoms with E-state index in [1.807, 2.05) is 0 Å². The van der Waals surface area contributed by atoms with Crippen LogP contribution in [0.25, 0.3) is 22.3 Å². The van der Waals surface area contributed by atoms with Crippen molar-refractivity contribution < 1.29 is 39.1 Å². The first-order valence-electron chi connectivity index (χ1n) is 8.81. The van der Waals surface area contributed by atoms with Crippen LogP contribution >= 0.6 is 0 Å². The highest BCUT2D eigenvalue weighted by Crippen LogP contribution is 2.38. The maximum absolute atomic E-state index is 13.1. The van der Waals surface area contributed by atoms with E-state index in [-0.39, 0.29) is 46.1 Å². The van der Waals surface area contributed by atoms with Crippen molar-refractivity contribution in [1.29, 1.82) is 0 Å². The Morgan fingerprint density at radius 2 is 1.73 bits per heavy atom. The molecule has 3 rings (SSSR count). The van der Waals surface area contributed by atoms with E-state index in [2.05, 4.69) is 0 Å². The van der Waals surface area contributed by atoms with Gasteiger partial charge in [0, 0.05) is 17.7 Å². The van der Waals surface area contributed by atoms with Gasteiger partial charge in [-0.2, -0.15) is 0 Å². The summed E-state index contributed by atoms with van der Waals surface area (Å²) in [5.74, 6) is -2.72. The molecule has 0 spiro atoms. The molecule has 0 saturated heterocycles. The summed E-state index contributed by atoms with van der Waals surface area (Å²) >= 11 is 0. The van der Waals surface area contributed by atoms with Gasteiger partial charge >= 0.3 is 5.97 Å². The molecule has 2 aromatic carbocycles. The highest BCUT2D eigenvalue weighted by Gasteiger charge is 2.31. The zero-order valence-corrected chi connectivity index (χ0v) is 16.4. The number of methoxy groups -OCH3 is 1. The number of esters is 1. The van der Waals surface area contributed by atoms with Gasteiger partial charge in [-0.15, -0.1) is 0 Å². The van der Waals surface area contributed by atoms with Crippen LogP contribution in [0.1, 0.15) is 13.8 Å². The van der Waals surface area contributed by atoms with E-state index >= 15 is 0 Å². The number of carbonyl (C=O) groups is 1. The Balaban J connectivity index is 2.24. The van der Waals surface area contributed by atoms with Crippen molar-refractivity contribution in [3.05, 3.63) is 40.6 Å². The normalized spacial score (nSPS) is 11.4. The Hall–Kier alpha value is -3.88. The third-order valence-corrected chi connectivity index (χ3v) is 4.47. The van der Waals surface area contributed by atoms with Gasteiger partial charge in [-0.3, -0.25) is 9.59 Å². The van der Waals surface area contributed by atoms with E-state index in [0.717, 1.165) is 18.2 Å². The fourth-order valence-electron chi connectivity index (χ4n) is 2.84. The highest BCUT2D eigenvalue weighted by atomic mass is 16.5. The molecule has 1 aromatic heterocycles. The highest BCUT2D eigenvalue weighted by molar-refractivity contribution is 5.88. The quantitative estimate of drug-likeness (QED) is 0.364. The van der Waals surface area contributed by atoms with Crippen molar-refractivity contribution in [3.63, 3.8) is 0 Å². The lowest BCUT2D eigenvalue weighted by Gasteiger charge is -2.22. The Kier molecular flexibility index (Phi) is 5.22. The molecule has 4 N–H and O–H groups in total. The van der Waals surface area contributed by atoms with Crippen LogP contribution in [0, 0.1) is 5.41 Å². The molecule has 0 unspecified atom stereocenters. The summed E-state index contributed by atoms with van der Waals surface area (Å²) in [4.78, 5) is 25.1. The first-order valence-corrected chi connectivity index (χ1v) is 8.81. The van der Waals surface area contributed by atoms with E-state index < -0.39 is 28.3 Å². The molecule has 9 nitrogen and oxygen atoms in total. The van der Waals surface area contributed by atoms with Crippen LogP contribution in [0.4, 0.5) is 0 Å². The number of phenolic OH excluding ortho intramolecular Hbond substituents is 4. The van der Waals surface area contributed by atoms with Crippen molar-refractivity contribution in [2.24, 2.45) is 5.41 Å². The van der Waals surface area contributed by atoms with Crippen LogP contribution < -0.4 is 10.2 Å². The minimum absolute atomic E-state index is 0.125. The number of hydrogen-bond acceptors (Lipinski definition) is 9. The monoisotopic (exact) mass is 416 g/mol.